The molecule has 0 spiro atoms. The van der Waals surface area contributed by atoms with E-state index in [0.717, 1.165) is 3.79 Å². The number of amides is 1. The molecule has 0 atom stereocenters. The van der Waals surface area contributed by atoms with E-state index < -0.39 is 6.36 Å². The van der Waals surface area contributed by atoms with E-state index in [4.69, 9.17) is 0 Å². The van der Waals surface area contributed by atoms with Crippen LogP contribution >= 0.6 is 27.3 Å². The Morgan fingerprint density at radius 1 is 1.23 bits per heavy atom. The molecule has 1 heterocycles. The topological polar surface area (TPSA) is 29.5 Å². The van der Waals surface area contributed by atoms with Gasteiger partial charge in [0.1, 0.15) is 5.75 Å². The second-order valence-electron chi connectivity index (χ2n) is 4.46. The molecule has 1 aromatic carbocycles. The van der Waals surface area contributed by atoms with Gasteiger partial charge in [0.15, 0.2) is 0 Å². The van der Waals surface area contributed by atoms with Crippen molar-refractivity contribution in [2.45, 2.75) is 12.9 Å². The van der Waals surface area contributed by atoms with E-state index in [0.29, 0.717) is 17.0 Å². The van der Waals surface area contributed by atoms with Crippen LogP contribution in [-0.2, 0) is 6.54 Å². The Morgan fingerprint density at radius 3 is 2.36 bits per heavy atom. The maximum absolute atomic E-state index is 12.2. The summed E-state index contributed by atoms with van der Waals surface area (Å²) >= 11 is 4.61. The van der Waals surface area contributed by atoms with Crippen molar-refractivity contribution in [1.29, 1.82) is 0 Å². The second kappa shape index (κ2) is 6.70. The Balaban J connectivity index is 1.99. The molecule has 0 saturated carbocycles. The summed E-state index contributed by atoms with van der Waals surface area (Å²) in [6.07, 6.45) is -4.71. The smallest absolute Gasteiger partial charge is 0.406 e. The number of ether oxygens (including phenoxy) is 1. The van der Waals surface area contributed by atoms with Gasteiger partial charge in [0, 0.05) is 13.6 Å². The van der Waals surface area contributed by atoms with Gasteiger partial charge in [0.25, 0.3) is 5.91 Å². The Hall–Kier alpha value is -1.54. The molecule has 0 unspecified atom stereocenters. The van der Waals surface area contributed by atoms with Crippen LogP contribution in [0.3, 0.4) is 0 Å². The maximum atomic E-state index is 12.2. The van der Waals surface area contributed by atoms with Crippen molar-refractivity contribution in [1.82, 2.24) is 4.90 Å². The van der Waals surface area contributed by atoms with E-state index in [1.807, 2.05) is 0 Å². The summed E-state index contributed by atoms with van der Waals surface area (Å²) in [5.41, 5.74) is 0.709. The molecule has 22 heavy (non-hydrogen) atoms. The average molecular weight is 394 g/mol. The molecule has 3 nitrogen and oxygen atoms in total. The minimum absolute atomic E-state index is 0.147. The van der Waals surface area contributed by atoms with E-state index in [1.165, 1.54) is 40.5 Å². The van der Waals surface area contributed by atoms with Crippen molar-refractivity contribution in [2.24, 2.45) is 0 Å². The first-order chi connectivity index (χ1) is 10.2. The second-order valence-corrected chi connectivity index (χ2v) is 6.92. The Bertz CT molecular complexity index is 655. The number of hydrogen-bond acceptors (Lipinski definition) is 3. The molecule has 0 radical (unpaired) electrons. The van der Waals surface area contributed by atoms with Crippen molar-refractivity contribution in [3.8, 4) is 5.75 Å². The van der Waals surface area contributed by atoms with Gasteiger partial charge < -0.3 is 9.64 Å². The van der Waals surface area contributed by atoms with Gasteiger partial charge in [-0.15, -0.1) is 24.5 Å². The fourth-order valence-corrected chi connectivity index (χ4v) is 3.14. The summed E-state index contributed by atoms with van der Waals surface area (Å²) in [5.74, 6) is -0.432. The van der Waals surface area contributed by atoms with Crippen molar-refractivity contribution in [3.05, 3.63) is 50.6 Å². The van der Waals surface area contributed by atoms with Gasteiger partial charge in [-0.25, -0.2) is 0 Å². The van der Waals surface area contributed by atoms with Gasteiger partial charge in [-0.2, -0.15) is 0 Å². The van der Waals surface area contributed by atoms with E-state index in [9.17, 15) is 18.0 Å². The van der Waals surface area contributed by atoms with Crippen LogP contribution in [0.25, 0.3) is 0 Å². The lowest BCUT2D eigenvalue weighted by molar-refractivity contribution is -0.274. The number of carbonyl (C=O) groups is 1. The molecule has 0 aliphatic rings. The summed E-state index contributed by atoms with van der Waals surface area (Å²) in [5, 5.41) is 0. The highest BCUT2D eigenvalue weighted by Gasteiger charge is 2.30. The lowest BCUT2D eigenvalue weighted by Gasteiger charge is -2.16. The molecule has 1 aromatic heterocycles. The van der Waals surface area contributed by atoms with Crippen molar-refractivity contribution in [3.63, 3.8) is 0 Å². The monoisotopic (exact) mass is 393 g/mol. The van der Waals surface area contributed by atoms with Crippen LogP contribution in [0, 0.1) is 0 Å². The van der Waals surface area contributed by atoms with Gasteiger partial charge in [-0.1, -0.05) is 12.1 Å². The minimum atomic E-state index is -4.71. The first kappa shape index (κ1) is 16.8. The number of thiophene rings is 1. The fraction of sp³-hybridized carbons (Fsp3) is 0.214. The first-order valence-corrected chi connectivity index (χ1v) is 7.71. The number of halogens is 4. The van der Waals surface area contributed by atoms with Crippen molar-refractivity contribution >= 4 is 33.2 Å². The van der Waals surface area contributed by atoms with Crippen LogP contribution in [0.1, 0.15) is 15.2 Å². The van der Waals surface area contributed by atoms with Crippen LogP contribution in [0.15, 0.2) is 40.2 Å². The van der Waals surface area contributed by atoms with E-state index in [1.54, 1.807) is 19.2 Å². The maximum Gasteiger partial charge on any atom is 0.573 e. The number of nitrogens with zero attached hydrogens (tertiary/aromatic N) is 1. The molecule has 8 heteroatoms. The number of alkyl halides is 3. The number of hydrogen-bond donors (Lipinski definition) is 0. The van der Waals surface area contributed by atoms with Crippen LogP contribution in [0.5, 0.6) is 5.75 Å². The summed E-state index contributed by atoms with van der Waals surface area (Å²) in [7, 11) is 1.64. The highest BCUT2D eigenvalue weighted by Crippen LogP contribution is 2.25. The van der Waals surface area contributed by atoms with Gasteiger partial charge in [-0.05, 0) is 45.8 Å². The zero-order valence-corrected chi connectivity index (χ0v) is 13.8. The Labute approximate surface area is 137 Å². The predicted molar refractivity (Wildman–Crippen MR) is 80.9 cm³/mol. The third-order valence-corrected chi connectivity index (χ3v) is 4.32. The lowest BCUT2D eigenvalue weighted by atomic mass is 10.2. The largest absolute Gasteiger partial charge is 0.573 e. The van der Waals surface area contributed by atoms with Crippen LogP contribution < -0.4 is 4.74 Å². The molecule has 0 fully saturated rings. The Kier molecular flexibility index (Phi) is 5.12. The summed E-state index contributed by atoms with van der Waals surface area (Å²) in [6.45, 7) is 0.292. The highest BCUT2D eigenvalue weighted by molar-refractivity contribution is 9.11. The number of rotatable bonds is 4. The van der Waals surface area contributed by atoms with Crippen LogP contribution in [0.4, 0.5) is 13.2 Å². The highest BCUT2D eigenvalue weighted by atomic mass is 79.9. The molecular weight excluding hydrogens is 383 g/mol. The normalized spacial score (nSPS) is 11.3. The third kappa shape index (κ3) is 4.74. The lowest BCUT2D eigenvalue weighted by Crippen LogP contribution is -2.25. The number of benzene rings is 1. The molecule has 0 N–H and O–H groups in total. The van der Waals surface area contributed by atoms with Gasteiger partial charge in [-0.3, -0.25) is 4.79 Å². The fourth-order valence-electron chi connectivity index (χ4n) is 1.76. The molecule has 2 rings (SSSR count). The van der Waals surface area contributed by atoms with Gasteiger partial charge >= 0.3 is 6.36 Å². The average Bonchev–Trinajstić information content (AvgIpc) is 2.85. The zero-order chi connectivity index (χ0) is 16.3. The van der Waals surface area contributed by atoms with Gasteiger partial charge in [0.2, 0.25) is 0 Å². The minimum Gasteiger partial charge on any atom is -0.406 e. The Morgan fingerprint density at radius 2 is 1.86 bits per heavy atom. The SMILES string of the molecule is CN(Cc1ccc(OC(F)(F)F)cc1)C(=O)c1ccc(Br)s1. The molecule has 1 amide bonds. The quantitative estimate of drug-likeness (QED) is 0.754. The molecule has 118 valence electrons. The van der Waals surface area contributed by atoms with Crippen LogP contribution in [0.2, 0.25) is 0 Å². The third-order valence-electron chi connectivity index (χ3n) is 2.71. The molecule has 0 saturated heterocycles. The van der Waals surface area contributed by atoms with Crippen molar-refractivity contribution in [2.75, 3.05) is 7.05 Å². The first-order valence-electron chi connectivity index (χ1n) is 6.10. The summed E-state index contributed by atoms with van der Waals surface area (Å²) in [6, 6.07) is 8.94. The molecule has 0 aliphatic carbocycles. The van der Waals surface area contributed by atoms with E-state index in [-0.39, 0.29) is 11.7 Å². The van der Waals surface area contributed by atoms with Crippen LogP contribution in [-0.4, -0.2) is 24.2 Å². The van der Waals surface area contributed by atoms with Gasteiger partial charge in [0.05, 0.1) is 8.66 Å². The summed E-state index contributed by atoms with van der Waals surface area (Å²) < 4.78 is 40.9. The molecule has 0 aliphatic heterocycles. The number of carbonyl (C=O) groups excluding carboxylic acids is 1. The molecule has 2 aromatic rings. The summed E-state index contributed by atoms with van der Waals surface area (Å²) in [4.78, 5) is 14.2. The molecule has 0 bridgehead atoms. The zero-order valence-electron chi connectivity index (χ0n) is 11.4. The standard InChI is InChI=1S/C14H11BrF3NO2S/c1-19(13(20)11-6-7-12(15)22-11)8-9-2-4-10(5-3-9)21-14(16,17)18/h2-7H,8H2,1H3. The van der Waals surface area contributed by atoms with Crippen molar-refractivity contribution < 1.29 is 22.7 Å². The van der Waals surface area contributed by atoms with E-state index in [2.05, 4.69) is 20.7 Å². The predicted octanol–water partition coefficient (Wildman–Crippen LogP) is 4.68. The van der Waals surface area contributed by atoms with E-state index >= 15 is 0 Å². The molecular formula is C14H11BrF3NO2S.